The van der Waals surface area contributed by atoms with Crippen LogP contribution in [0, 0.1) is 16.7 Å². The Hall–Kier alpha value is -1.61. The molecule has 0 saturated carbocycles. The first-order chi connectivity index (χ1) is 9.59. The lowest BCUT2D eigenvalue weighted by Crippen LogP contribution is -2.47. The van der Waals surface area contributed by atoms with E-state index in [1.165, 1.54) is 0 Å². The quantitative estimate of drug-likeness (QED) is 0.696. The SMILES string of the molecule is CC(=O)N1CCCN(C(=O)C2(C#N)CCOCC2)CC1. The van der Waals surface area contributed by atoms with Crippen molar-refractivity contribution in [2.24, 2.45) is 5.41 Å². The Morgan fingerprint density at radius 1 is 1.10 bits per heavy atom. The summed E-state index contributed by atoms with van der Waals surface area (Å²) in [7, 11) is 0. The van der Waals surface area contributed by atoms with Crippen LogP contribution in [0.25, 0.3) is 0 Å². The number of amides is 2. The average Bonchev–Trinajstić information content (AvgIpc) is 2.73. The average molecular weight is 279 g/mol. The normalized spacial score (nSPS) is 22.8. The molecule has 0 unspecified atom stereocenters. The van der Waals surface area contributed by atoms with Crippen molar-refractivity contribution in [2.75, 3.05) is 39.4 Å². The molecule has 0 radical (unpaired) electrons. The van der Waals surface area contributed by atoms with Crippen LogP contribution in [0.5, 0.6) is 0 Å². The summed E-state index contributed by atoms with van der Waals surface area (Å²) in [5.41, 5.74) is -0.927. The van der Waals surface area contributed by atoms with E-state index < -0.39 is 5.41 Å². The molecule has 2 aliphatic heterocycles. The molecule has 2 aliphatic rings. The monoisotopic (exact) mass is 279 g/mol. The van der Waals surface area contributed by atoms with Gasteiger partial charge in [0, 0.05) is 46.3 Å². The second-order valence-corrected chi connectivity index (χ2v) is 5.46. The molecule has 2 heterocycles. The number of hydrogen-bond acceptors (Lipinski definition) is 4. The first-order valence-corrected chi connectivity index (χ1v) is 7.13. The lowest BCUT2D eigenvalue weighted by atomic mass is 9.80. The zero-order valence-corrected chi connectivity index (χ0v) is 11.9. The van der Waals surface area contributed by atoms with Crippen LogP contribution in [0.3, 0.4) is 0 Å². The summed E-state index contributed by atoms with van der Waals surface area (Å²) < 4.78 is 5.26. The molecule has 2 rings (SSSR count). The third-order valence-corrected chi connectivity index (χ3v) is 4.20. The van der Waals surface area contributed by atoms with Gasteiger partial charge in [-0.3, -0.25) is 9.59 Å². The van der Waals surface area contributed by atoms with E-state index in [0.717, 1.165) is 6.42 Å². The number of ether oxygens (including phenoxy) is 1. The summed E-state index contributed by atoms with van der Waals surface area (Å²) in [5, 5.41) is 9.44. The molecular formula is C14H21N3O3. The van der Waals surface area contributed by atoms with Crippen molar-refractivity contribution in [3.8, 4) is 6.07 Å². The van der Waals surface area contributed by atoms with Gasteiger partial charge in [0.15, 0.2) is 0 Å². The maximum absolute atomic E-state index is 12.7. The molecule has 0 bridgehead atoms. The van der Waals surface area contributed by atoms with Crippen LogP contribution in [0.4, 0.5) is 0 Å². The maximum atomic E-state index is 12.7. The second kappa shape index (κ2) is 6.23. The van der Waals surface area contributed by atoms with Gasteiger partial charge in [-0.05, 0) is 19.3 Å². The highest BCUT2D eigenvalue weighted by Gasteiger charge is 2.43. The molecule has 110 valence electrons. The minimum absolute atomic E-state index is 0.0420. The number of carbonyl (C=O) groups excluding carboxylic acids is 2. The maximum Gasteiger partial charge on any atom is 0.243 e. The minimum Gasteiger partial charge on any atom is -0.381 e. The van der Waals surface area contributed by atoms with Crippen LogP contribution < -0.4 is 0 Å². The Balaban J connectivity index is 2.05. The Morgan fingerprint density at radius 3 is 2.30 bits per heavy atom. The van der Waals surface area contributed by atoms with Crippen molar-refractivity contribution < 1.29 is 14.3 Å². The van der Waals surface area contributed by atoms with Gasteiger partial charge in [0.1, 0.15) is 5.41 Å². The van der Waals surface area contributed by atoms with Crippen LogP contribution in [0.2, 0.25) is 0 Å². The molecule has 0 aliphatic carbocycles. The molecule has 0 spiro atoms. The third-order valence-electron chi connectivity index (χ3n) is 4.20. The minimum atomic E-state index is -0.927. The van der Waals surface area contributed by atoms with E-state index in [1.807, 2.05) is 0 Å². The standard InChI is InChI=1S/C14H21N3O3/c1-12(18)16-5-2-6-17(8-7-16)13(19)14(11-15)3-9-20-10-4-14/h2-10H2,1H3. The molecule has 2 amide bonds. The van der Waals surface area contributed by atoms with Crippen LogP contribution in [-0.4, -0.2) is 61.0 Å². The molecule has 0 atom stereocenters. The fraction of sp³-hybridized carbons (Fsp3) is 0.786. The lowest BCUT2D eigenvalue weighted by molar-refractivity contribution is -0.143. The van der Waals surface area contributed by atoms with Crippen molar-refractivity contribution >= 4 is 11.8 Å². The van der Waals surface area contributed by atoms with Gasteiger partial charge in [0.2, 0.25) is 11.8 Å². The van der Waals surface area contributed by atoms with Gasteiger partial charge in [0.05, 0.1) is 6.07 Å². The van der Waals surface area contributed by atoms with Crippen molar-refractivity contribution in [2.45, 2.75) is 26.2 Å². The molecule has 2 fully saturated rings. The summed E-state index contributed by atoms with van der Waals surface area (Å²) in [6.45, 7) is 4.85. The van der Waals surface area contributed by atoms with E-state index in [4.69, 9.17) is 4.74 Å². The van der Waals surface area contributed by atoms with Crippen molar-refractivity contribution in [1.29, 1.82) is 5.26 Å². The summed E-state index contributed by atoms with van der Waals surface area (Å²) in [4.78, 5) is 27.6. The summed E-state index contributed by atoms with van der Waals surface area (Å²) in [6, 6.07) is 2.22. The van der Waals surface area contributed by atoms with Gasteiger partial charge in [-0.25, -0.2) is 0 Å². The topological polar surface area (TPSA) is 73.6 Å². The van der Waals surface area contributed by atoms with Gasteiger partial charge in [-0.1, -0.05) is 0 Å². The van der Waals surface area contributed by atoms with Gasteiger partial charge < -0.3 is 14.5 Å². The third kappa shape index (κ3) is 2.93. The highest BCUT2D eigenvalue weighted by molar-refractivity contribution is 5.85. The molecule has 0 aromatic heterocycles. The number of nitriles is 1. The van der Waals surface area contributed by atoms with Crippen LogP contribution in [0.15, 0.2) is 0 Å². The molecule has 0 N–H and O–H groups in total. The first-order valence-electron chi connectivity index (χ1n) is 7.13. The molecule has 20 heavy (non-hydrogen) atoms. The van der Waals surface area contributed by atoms with Gasteiger partial charge in [0.25, 0.3) is 0 Å². The van der Waals surface area contributed by atoms with E-state index in [-0.39, 0.29) is 11.8 Å². The zero-order valence-electron chi connectivity index (χ0n) is 11.9. The van der Waals surface area contributed by atoms with Gasteiger partial charge in [-0.15, -0.1) is 0 Å². The number of nitrogens with zero attached hydrogens (tertiary/aromatic N) is 3. The Labute approximate surface area is 119 Å². The molecule has 0 aromatic carbocycles. The molecule has 6 nitrogen and oxygen atoms in total. The van der Waals surface area contributed by atoms with Gasteiger partial charge in [-0.2, -0.15) is 5.26 Å². The van der Waals surface area contributed by atoms with Crippen molar-refractivity contribution in [3.63, 3.8) is 0 Å². The fourth-order valence-electron chi connectivity index (χ4n) is 2.83. The molecule has 2 saturated heterocycles. The van der Waals surface area contributed by atoms with E-state index in [1.54, 1.807) is 16.7 Å². The second-order valence-electron chi connectivity index (χ2n) is 5.46. The lowest BCUT2D eigenvalue weighted by Gasteiger charge is -2.34. The smallest absolute Gasteiger partial charge is 0.243 e. The number of hydrogen-bond donors (Lipinski definition) is 0. The van der Waals surface area contributed by atoms with E-state index >= 15 is 0 Å². The van der Waals surface area contributed by atoms with E-state index in [0.29, 0.717) is 52.2 Å². The predicted octanol–water partition coefficient (Wildman–Crippen LogP) is 0.388. The largest absolute Gasteiger partial charge is 0.381 e. The van der Waals surface area contributed by atoms with Crippen LogP contribution >= 0.6 is 0 Å². The van der Waals surface area contributed by atoms with Gasteiger partial charge >= 0.3 is 0 Å². The summed E-state index contributed by atoms with van der Waals surface area (Å²) in [6.07, 6.45) is 1.70. The van der Waals surface area contributed by atoms with Crippen molar-refractivity contribution in [3.05, 3.63) is 0 Å². The van der Waals surface area contributed by atoms with E-state index in [9.17, 15) is 14.9 Å². The molecular weight excluding hydrogens is 258 g/mol. The fourth-order valence-corrected chi connectivity index (χ4v) is 2.83. The molecule has 6 heteroatoms. The van der Waals surface area contributed by atoms with E-state index in [2.05, 4.69) is 6.07 Å². The van der Waals surface area contributed by atoms with Crippen molar-refractivity contribution in [1.82, 2.24) is 9.80 Å². The summed E-state index contributed by atoms with van der Waals surface area (Å²) in [5.74, 6) is -0.0472. The Bertz CT molecular complexity index is 424. The highest BCUT2D eigenvalue weighted by atomic mass is 16.5. The zero-order chi connectivity index (χ0) is 14.6. The van der Waals surface area contributed by atoms with Crippen LogP contribution in [-0.2, 0) is 14.3 Å². The number of carbonyl (C=O) groups is 2. The highest BCUT2D eigenvalue weighted by Crippen LogP contribution is 2.32. The predicted molar refractivity (Wildman–Crippen MR) is 71.6 cm³/mol. The summed E-state index contributed by atoms with van der Waals surface area (Å²) >= 11 is 0. The molecule has 0 aromatic rings. The number of rotatable bonds is 1. The Kier molecular flexibility index (Phi) is 4.61. The van der Waals surface area contributed by atoms with Crippen LogP contribution in [0.1, 0.15) is 26.2 Å². The first kappa shape index (κ1) is 14.8. The Morgan fingerprint density at radius 2 is 1.70 bits per heavy atom.